The standard InChI is InChI=1S/C12H19N3OS/c13-7-10(15-3-5-16-6-4-15)12-11(9-1-2-9)14-8-17-12/h8-10H,1-7,13H2. The molecule has 2 aliphatic rings. The van der Waals surface area contributed by atoms with Crippen molar-refractivity contribution in [2.45, 2.75) is 24.8 Å². The van der Waals surface area contributed by atoms with Gasteiger partial charge in [-0.15, -0.1) is 11.3 Å². The van der Waals surface area contributed by atoms with Crippen LogP contribution >= 0.6 is 11.3 Å². The highest BCUT2D eigenvalue weighted by molar-refractivity contribution is 7.09. The number of hydrogen-bond acceptors (Lipinski definition) is 5. The number of ether oxygens (including phenoxy) is 1. The van der Waals surface area contributed by atoms with Crippen molar-refractivity contribution < 1.29 is 4.74 Å². The molecule has 1 aliphatic heterocycles. The van der Waals surface area contributed by atoms with Gasteiger partial charge in [0.05, 0.1) is 30.5 Å². The quantitative estimate of drug-likeness (QED) is 0.880. The van der Waals surface area contributed by atoms with Crippen LogP contribution in [0.3, 0.4) is 0 Å². The lowest BCUT2D eigenvalue weighted by molar-refractivity contribution is 0.0184. The fraction of sp³-hybridized carbons (Fsp3) is 0.750. The Hall–Kier alpha value is -0.490. The Morgan fingerprint density at radius 1 is 1.47 bits per heavy atom. The molecular formula is C12H19N3OS. The molecule has 1 atom stereocenters. The zero-order chi connectivity index (χ0) is 11.7. The molecule has 4 nitrogen and oxygen atoms in total. The second-order valence-corrected chi connectivity index (χ2v) is 5.66. The van der Waals surface area contributed by atoms with E-state index in [1.54, 1.807) is 11.3 Å². The van der Waals surface area contributed by atoms with Crippen molar-refractivity contribution in [1.29, 1.82) is 0 Å². The lowest BCUT2D eigenvalue weighted by Crippen LogP contribution is -2.41. The van der Waals surface area contributed by atoms with E-state index in [4.69, 9.17) is 10.5 Å². The Balaban J connectivity index is 1.80. The van der Waals surface area contributed by atoms with Crippen LogP contribution in [-0.4, -0.2) is 42.7 Å². The molecule has 1 aliphatic carbocycles. The smallest absolute Gasteiger partial charge is 0.0798 e. The van der Waals surface area contributed by atoms with Crippen LogP contribution in [0.15, 0.2) is 5.51 Å². The second kappa shape index (κ2) is 5.02. The lowest BCUT2D eigenvalue weighted by atomic mass is 10.1. The predicted octanol–water partition coefficient (Wildman–Crippen LogP) is 1.35. The monoisotopic (exact) mass is 253 g/mol. The molecule has 2 heterocycles. The van der Waals surface area contributed by atoms with Crippen molar-refractivity contribution in [3.63, 3.8) is 0 Å². The number of rotatable bonds is 4. The van der Waals surface area contributed by atoms with Gasteiger partial charge in [0, 0.05) is 30.4 Å². The van der Waals surface area contributed by atoms with E-state index in [1.807, 2.05) is 5.51 Å². The molecule has 2 fully saturated rings. The summed E-state index contributed by atoms with van der Waals surface area (Å²) in [6, 6.07) is 0.349. The first kappa shape index (κ1) is 11.6. The Morgan fingerprint density at radius 2 is 2.24 bits per heavy atom. The topological polar surface area (TPSA) is 51.4 Å². The summed E-state index contributed by atoms with van der Waals surface area (Å²) < 4.78 is 5.41. The lowest BCUT2D eigenvalue weighted by Gasteiger charge is -2.33. The normalized spacial score (nSPS) is 23.8. The Labute approximate surface area is 106 Å². The summed E-state index contributed by atoms with van der Waals surface area (Å²) in [5.41, 5.74) is 9.28. The number of aromatic nitrogens is 1. The predicted molar refractivity (Wildman–Crippen MR) is 68.3 cm³/mol. The third kappa shape index (κ3) is 2.38. The van der Waals surface area contributed by atoms with Crippen LogP contribution < -0.4 is 5.73 Å². The summed E-state index contributed by atoms with van der Waals surface area (Å²) in [5.74, 6) is 0.714. The molecule has 0 radical (unpaired) electrons. The first-order valence-corrected chi connectivity index (χ1v) is 7.23. The largest absolute Gasteiger partial charge is 0.379 e. The number of morpholine rings is 1. The van der Waals surface area contributed by atoms with Gasteiger partial charge in [-0.25, -0.2) is 4.98 Å². The van der Waals surface area contributed by atoms with Crippen molar-refractivity contribution in [1.82, 2.24) is 9.88 Å². The fourth-order valence-corrected chi connectivity index (χ4v) is 3.51. The third-order valence-corrected chi connectivity index (χ3v) is 4.55. The van der Waals surface area contributed by atoms with E-state index >= 15 is 0 Å². The van der Waals surface area contributed by atoms with Gasteiger partial charge in [0.2, 0.25) is 0 Å². The van der Waals surface area contributed by atoms with Gasteiger partial charge in [0.15, 0.2) is 0 Å². The summed E-state index contributed by atoms with van der Waals surface area (Å²) in [7, 11) is 0. The maximum absolute atomic E-state index is 5.98. The molecule has 0 spiro atoms. The summed E-state index contributed by atoms with van der Waals surface area (Å²) >= 11 is 1.77. The average molecular weight is 253 g/mol. The molecule has 94 valence electrons. The SMILES string of the molecule is NCC(c1scnc1C1CC1)N1CCOCC1. The molecule has 1 aromatic heterocycles. The van der Waals surface area contributed by atoms with E-state index < -0.39 is 0 Å². The fourth-order valence-electron chi connectivity index (χ4n) is 2.49. The van der Waals surface area contributed by atoms with Gasteiger partial charge in [0.1, 0.15) is 0 Å². The molecule has 0 amide bonds. The molecule has 0 bridgehead atoms. The van der Waals surface area contributed by atoms with Crippen molar-refractivity contribution in [3.05, 3.63) is 16.1 Å². The molecule has 17 heavy (non-hydrogen) atoms. The minimum Gasteiger partial charge on any atom is -0.379 e. The van der Waals surface area contributed by atoms with Crippen molar-refractivity contribution in [2.75, 3.05) is 32.8 Å². The van der Waals surface area contributed by atoms with Crippen LogP contribution in [0.25, 0.3) is 0 Å². The van der Waals surface area contributed by atoms with Crippen molar-refractivity contribution in [2.24, 2.45) is 5.73 Å². The van der Waals surface area contributed by atoms with Gasteiger partial charge in [-0.05, 0) is 12.8 Å². The number of hydrogen-bond donors (Lipinski definition) is 1. The first-order valence-electron chi connectivity index (χ1n) is 6.35. The van der Waals surface area contributed by atoms with Crippen molar-refractivity contribution >= 4 is 11.3 Å². The number of thiazole rings is 1. The van der Waals surface area contributed by atoms with Gasteiger partial charge in [-0.3, -0.25) is 4.90 Å². The van der Waals surface area contributed by atoms with E-state index in [0.29, 0.717) is 18.5 Å². The zero-order valence-corrected chi connectivity index (χ0v) is 10.8. The Morgan fingerprint density at radius 3 is 2.88 bits per heavy atom. The van der Waals surface area contributed by atoms with Crippen LogP contribution in [0.1, 0.15) is 35.4 Å². The van der Waals surface area contributed by atoms with Crippen LogP contribution in [0.4, 0.5) is 0 Å². The highest BCUT2D eigenvalue weighted by Gasteiger charge is 2.32. The van der Waals surface area contributed by atoms with Gasteiger partial charge in [0.25, 0.3) is 0 Å². The molecular weight excluding hydrogens is 234 g/mol. The summed E-state index contributed by atoms with van der Waals surface area (Å²) in [4.78, 5) is 8.39. The molecule has 1 saturated carbocycles. The van der Waals surface area contributed by atoms with E-state index in [2.05, 4.69) is 9.88 Å². The van der Waals surface area contributed by atoms with Crippen LogP contribution in [0.2, 0.25) is 0 Å². The molecule has 3 rings (SSSR count). The molecule has 1 aromatic rings. The van der Waals surface area contributed by atoms with E-state index in [0.717, 1.165) is 26.3 Å². The Bertz CT molecular complexity index is 372. The Kier molecular flexibility index (Phi) is 3.42. The van der Waals surface area contributed by atoms with E-state index in [9.17, 15) is 0 Å². The van der Waals surface area contributed by atoms with E-state index in [1.165, 1.54) is 23.4 Å². The second-order valence-electron chi connectivity index (χ2n) is 4.78. The molecule has 5 heteroatoms. The maximum atomic E-state index is 5.98. The third-order valence-electron chi connectivity index (χ3n) is 3.60. The van der Waals surface area contributed by atoms with Crippen LogP contribution in [-0.2, 0) is 4.74 Å². The van der Waals surface area contributed by atoms with Gasteiger partial charge in [-0.1, -0.05) is 0 Å². The summed E-state index contributed by atoms with van der Waals surface area (Å²) in [5, 5.41) is 0. The minimum atomic E-state index is 0.349. The van der Waals surface area contributed by atoms with Gasteiger partial charge < -0.3 is 10.5 Å². The first-order chi connectivity index (χ1) is 8.40. The van der Waals surface area contributed by atoms with Crippen molar-refractivity contribution in [3.8, 4) is 0 Å². The average Bonchev–Trinajstić information content (AvgIpc) is 3.12. The van der Waals surface area contributed by atoms with Gasteiger partial charge in [-0.2, -0.15) is 0 Å². The summed E-state index contributed by atoms with van der Waals surface area (Å²) in [6.45, 7) is 4.32. The minimum absolute atomic E-state index is 0.349. The summed E-state index contributed by atoms with van der Waals surface area (Å²) in [6.07, 6.45) is 2.61. The van der Waals surface area contributed by atoms with Crippen LogP contribution in [0.5, 0.6) is 0 Å². The number of nitrogens with zero attached hydrogens (tertiary/aromatic N) is 2. The highest BCUT2D eigenvalue weighted by atomic mass is 32.1. The zero-order valence-electron chi connectivity index (χ0n) is 9.97. The van der Waals surface area contributed by atoms with Crippen LogP contribution in [0, 0.1) is 0 Å². The molecule has 1 saturated heterocycles. The molecule has 2 N–H and O–H groups in total. The highest BCUT2D eigenvalue weighted by Crippen LogP contribution is 2.44. The van der Waals surface area contributed by atoms with Gasteiger partial charge >= 0.3 is 0 Å². The molecule has 0 aromatic carbocycles. The number of nitrogens with two attached hydrogens (primary N) is 1. The molecule has 1 unspecified atom stereocenters. The van der Waals surface area contributed by atoms with E-state index in [-0.39, 0.29) is 0 Å². The maximum Gasteiger partial charge on any atom is 0.0798 e.